The van der Waals surface area contributed by atoms with Gasteiger partial charge in [-0.25, -0.2) is 14.4 Å². The Kier molecular flexibility index (Phi) is 5.60. The molecule has 132 valence electrons. The topological polar surface area (TPSA) is 46.0 Å². The molecule has 3 aromatic rings. The molecule has 3 rings (SSSR count). The van der Waals surface area contributed by atoms with Crippen molar-refractivity contribution in [2.24, 2.45) is 0 Å². The summed E-state index contributed by atoms with van der Waals surface area (Å²) in [5.74, 6) is 0.570. The van der Waals surface area contributed by atoms with Gasteiger partial charge in [0.2, 0.25) is 5.95 Å². The van der Waals surface area contributed by atoms with Gasteiger partial charge in [0.1, 0.15) is 11.3 Å². The van der Waals surface area contributed by atoms with Crippen LogP contribution in [-0.4, -0.2) is 45.6 Å². The smallest absolute Gasteiger partial charge is 0.205 e. The second kappa shape index (κ2) is 8.07. The van der Waals surface area contributed by atoms with Gasteiger partial charge in [-0.3, -0.25) is 4.57 Å². The first-order chi connectivity index (χ1) is 12.2. The van der Waals surface area contributed by atoms with Crippen LogP contribution in [0.5, 0.6) is 0 Å². The van der Waals surface area contributed by atoms with Gasteiger partial charge >= 0.3 is 0 Å². The molecule has 2 aromatic heterocycles. The predicted octanol–water partition coefficient (Wildman–Crippen LogP) is 3.37. The third kappa shape index (κ3) is 4.14. The van der Waals surface area contributed by atoms with Gasteiger partial charge in [-0.05, 0) is 42.9 Å². The van der Waals surface area contributed by atoms with Crippen molar-refractivity contribution in [2.45, 2.75) is 20.4 Å². The number of hydrogen-bond acceptors (Lipinski definition) is 4. The number of halogens is 1. The lowest BCUT2D eigenvalue weighted by Crippen LogP contribution is -2.29. The molecule has 25 heavy (non-hydrogen) atoms. The van der Waals surface area contributed by atoms with Crippen molar-refractivity contribution in [2.75, 3.05) is 31.5 Å². The summed E-state index contributed by atoms with van der Waals surface area (Å²) < 4.78 is 15.2. The lowest BCUT2D eigenvalue weighted by Gasteiger charge is -2.18. The Morgan fingerprint density at radius 3 is 2.60 bits per heavy atom. The van der Waals surface area contributed by atoms with Gasteiger partial charge in [-0.1, -0.05) is 26.0 Å². The van der Waals surface area contributed by atoms with E-state index in [0.717, 1.165) is 48.9 Å². The number of likely N-dealkylation sites (N-methyl/N-ethyl adjacent to an activating group) is 1. The van der Waals surface area contributed by atoms with Crippen molar-refractivity contribution >= 4 is 17.1 Å². The fourth-order valence-corrected chi connectivity index (χ4v) is 2.88. The Hall–Kier alpha value is -2.47. The van der Waals surface area contributed by atoms with Crippen LogP contribution >= 0.6 is 0 Å². The zero-order valence-corrected chi connectivity index (χ0v) is 14.7. The van der Waals surface area contributed by atoms with E-state index in [0.29, 0.717) is 6.54 Å². The molecular weight excluding hydrogens is 317 g/mol. The highest BCUT2D eigenvalue weighted by Gasteiger charge is 2.12. The van der Waals surface area contributed by atoms with Crippen LogP contribution < -0.4 is 5.32 Å². The molecule has 0 fully saturated rings. The molecule has 0 amide bonds. The molecular formula is C19H24FN5. The minimum Gasteiger partial charge on any atom is -0.354 e. The molecule has 0 aliphatic carbocycles. The summed E-state index contributed by atoms with van der Waals surface area (Å²) in [6.45, 7) is 8.77. The first-order valence-electron chi connectivity index (χ1n) is 8.73. The fraction of sp³-hybridized carbons (Fsp3) is 0.368. The third-order valence-corrected chi connectivity index (χ3v) is 4.36. The van der Waals surface area contributed by atoms with Crippen LogP contribution in [0.25, 0.3) is 11.2 Å². The molecule has 0 saturated carbocycles. The van der Waals surface area contributed by atoms with E-state index in [2.05, 4.69) is 34.0 Å². The predicted molar refractivity (Wildman–Crippen MR) is 99.3 cm³/mol. The van der Waals surface area contributed by atoms with E-state index in [1.54, 1.807) is 18.3 Å². The average molecular weight is 341 g/mol. The van der Waals surface area contributed by atoms with Crippen LogP contribution in [0.3, 0.4) is 0 Å². The minimum absolute atomic E-state index is 0.227. The number of nitrogens with one attached hydrogen (secondary N) is 1. The lowest BCUT2D eigenvalue weighted by atomic mass is 10.2. The third-order valence-electron chi connectivity index (χ3n) is 4.36. The zero-order chi connectivity index (χ0) is 17.6. The molecule has 0 radical (unpaired) electrons. The first kappa shape index (κ1) is 17.4. The van der Waals surface area contributed by atoms with Crippen molar-refractivity contribution in [1.29, 1.82) is 0 Å². The number of anilines is 1. The monoisotopic (exact) mass is 341 g/mol. The van der Waals surface area contributed by atoms with Crippen molar-refractivity contribution in [1.82, 2.24) is 19.4 Å². The van der Waals surface area contributed by atoms with Crippen LogP contribution in [0.15, 0.2) is 42.6 Å². The number of imidazole rings is 1. The SMILES string of the molecule is CCN(CC)CCNc1nc2cccnc2n1Cc1ccc(F)cc1. The molecule has 0 saturated heterocycles. The van der Waals surface area contributed by atoms with Gasteiger partial charge in [0, 0.05) is 19.3 Å². The minimum atomic E-state index is -0.227. The molecule has 0 bridgehead atoms. The molecule has 0 unspecified atom stereocenters. The van der Waals surface area contributed by atoms with E-state index in [1.807, 2.05) is 16.7 Å². The molecule has 0 spiro atoms. The number of rotatable bonds is 8. The number of nitrogens with zero attached hydrogens (tertiary/aromatic N) is 4. The molecule has 1 aromatic carbocycles. The van der Waals surface area contributed by atoms with E-state index < -0.39 is 0 Å². The molecule has 0 atom stereocenters. The van der Waals surface area contributed by atoms with Gasteiger partial charge < -0.3 is 10.2 Å². The van der Waals surface area contributed by atoms with Crippen molar-refractivity contribution < 1.29 is 4.39 Å². The van der Waals surface area contributed by atoms with Gasteiger partial charge in [0.15, 0.2) is 5.65 Å². The maximum Gasteiger partial charge on any atom is 0.205 e. The largest absolute Gasteiger partial charge is 0.354 e. The van der Waals surface area contributed by atoms with Gasteiger partial charge in [0.05, 0.1) is 6.54 Å². The Balaban J connectivity index is 1.83. The molecule has 5 nitrogen and oxygen atoms in total. The first-order valence-corrected chi connectivity index (χ1v) is 8.73. The Bertz CT molecular complexity index is 808. The number of hydrogen-bond donors (Lipinski definition) is 1. The molecule has 1 N–H and O–H groups in total. The van der Waals surface area contributed by atoms with Crippen LogP contribution in [0, 0.1) is 5.82 Å². The van der Waals surface area contributed by atoms with Gasteiger partial charge in [0.25, 0.3) is 0 Å². The molecule has 0 aliphatic rings. The summed E-state index contributed by atoms with van der Waals surface area (Å²) in [4.78, 5) is 11.5. The van der Waals surface area contributed by atoms with Crippen LogP contribution in [0.4, 0.5) is 10.3 Å². The maximum absolute atomic E-state index is 13.2. The van der Waals surface area contributed by atoms with Gasteiger partial charge in [-0.2, -0.15) is 0 Å². The highest BCUT2D eigenvalue weighted by Crippen LogP contribution is 2.19. The van der Waals surface area contributed by atoms with E-state index in [4.69, 9.17) is 0 Å². The summed E-state index contributed by atoms with van der Waals surface area (Å²) in [6.07, 6.45) is 1.77. The second-order valence-electron chi connectivity index (χ2n) is 5.95. The van der Waals surface area contributed by atoms with Crippen LogP contribution in [-0.2, 0) is 6.54 Å². The van der Waals surface area contributed by atoms with E-state index in [1.165, 1.54) is 12.1 Å². The molecule has 0 aliphatic heterocycles. The number of aromatic nitrogens is 3. The standard InChI is InChI=1S/C19H24FN5/c1-3-24(4-2)13-12-22-19-23-17-6-5-11-21-18(17)25(19)14-15-7-9-16(20)10-8-15/h5-11H,3-4,12-14H2,1-2H3,(H,22,23). The summed E-state index contributed by atoms with van der Waals surface area (Å²) in [5.41, 5.74) is 2.70. The molecule has 2 heterocycles. The van der Waals surface area contributed by atoms with Crippen LogP contribution in [0.2, 0.25) is 0 Å². The maximum atomic E-state index is 13.2. The molecule has 6 heteroatoms. The normalized spacial score (nSPS) is 11.4. The Morgan fingerprint density at radius 1 is 1.12 bits per heavy atom. The second-order valence-corrected chi connectivity index (χ2v) is 5.95. The van der Waals surface area contributed by atoms with Crippen molar-refractivity contribution in [3.63, 3.8) is 0 Å². The summed E-state index contributed by atoms with van der Waals surface area (Å²) in [6, 6.07) is 10.4. The van der Waals surface area contributed by atoms with E-state index >= 15 is 0 Å². The summed E-state index contributed by atoms with van der Waals surface area (Å²) >= 11 is 0. The number of benzene rings is 1. The van der Waals surface area contributed by atoms with Gasteiger partial charge in [-0.15, -0.1) is 0 Å². The fourth-order valence-electron chi connectivity index (χ4n) is 2.88. The van der Waals surface area contributed by atoms with Crippen molar-refractivity contribution in [3.8, 4) is 0 Å². The lowest BCUT2D eigenvalue weighted by molar-refractivity contribution is 0.315. The summed E-state index contributed by atoms with van der Waals surface area (Å²) in [7, 11) is 0. The quantitative estimate of drug-likeness (QED) is 0.682. The number of pyridine rings is 1. The van der Waals surface area contributed by atoms with Crippen molar-refractivity contribution in [3.05, 3.63) is 54.0 Å². The number of fused-ring (bicyclic) bond motifs is 1. The summed E-state index contributed by atoms with van der Waals surface area (Å²) in [5, 5.41) is 3.43. The van der Waals surface area contributed by atoms with E-state index in [-0.39, 0.29) is 5.82 Å². The highest BCUT2D eigenvalue weighted by atomic mass is 19.1. The Morgan fingerprint density at radius 2 is 1.88 bits per heavy atom. The average Bonchev–Trinajstić information content (AvgIpc) is 2.98. The van der Waals surface area contributed by atoms with E-state index in [9.17, 15) is 4.39 Å². The highest BCUT2D eigenvalue weighted by molar-refractivity contribution is 5.74. The Labute approximate surface area is 147 Å². The van der Waals surface area contributed by atoms with Crippen LogP contribution in [0.1, 0.15) is 19.4 Å². The zero-order valence-electron chi connectivity index (χ0n) is 14.7.